The molecule has 6 nitrogen and oxygen atoms in total. The van der Waals surface area contributed by atoms with Crippen LogP contribution >= 0.6 is 24.0 Å². The molecule has 3 rings (SSSR count). The molecular weight excluding hydrogens is 453 g/mol. The number of oxazole rings is 1. The first kappa shape index (κ1) is 21.0. The third kappa shape index (κ3) is 5.59. The molecule has 27 heavy (non-hydrogen) atoms. The third-order valence-electron chi connectivity index (χ3n) is 4.12. The van der Waals surface area contributed by atoms with E-state index in [1.807, 2.05) is 56.7 Å². The lowest BCUT2D eigenvalue weighted by Gasteiger charge is -2.22. The monoisotopic (exact) mass is 479 g/mol. The maximum absolute atomic E-state index is 5.83. The Hall–Kier alpha value is -2.29. The summed E-state index contributed by atoms with van der Waals surface area (Å²) in [6, 6.07) is 14.1. The van der Waals surface area contributed by atoms with Crippen LogP contribution in [0.3, 0.4) is 0 Å². The molecule has 2 heterocycles. The van der Waals surface area contributed by atoms with E-state index in [2.05, 4.69) is 37.8 Å². The molecule has 0 aliphatic carbocycles. The molecule has 0 atom stereocenters. The zero-order valence-corrected chi connectivity index (χ0v) is 18.3. The smallest absolute Gasteiger partial charge is 0.216 e. The molecule has 0 amide bonds. The minimum absolute atomic E-state index is 0. The molecule has 3 aromatic rings. The summed E-state index contributed by atoms with van der Waals surface area (Å²) in [5, 5.41) is 3.32. The standard InChI is InChI=1S/C20H25N5O.HI/c1-4-21-20(25(3)15-17-11-8-12-24(17)2)23-14-19-22-13-18(26-19)16-9-6-5-7-10-16;/h5-13H,4,14-15H2,1-3H3,(H,21,23);1H. The number of benzene rings is 1. The molecule has 144 valence electrons. The van der Waals surface area contributed by atoms with Crippen molar-refractivity contribution in [2.75, 3.05) is 13.6 Å². The Morgan fingerprint density at radius 2 is 2.00 bits per heavy atom. The lowest BCUT2D eigenvalue weighted by atomic mass is 10.2. The van der Waals surface area contributed by atoms with E-state index >= 15 is 0 Å². The normalized spacial score (nSPS) is 11.1. The fraction of sp³-hybridized carbons (Fsp3) is 0.300. The molecule has 2 aromatic heterocycles. The van der Waals surface area contributed by atoms with E-state index in [0.29, 0.717) is 12.4 Å². The summed E-state index contributed by atoms with van der Waals surface area (Å²) in [5.41, 5.74) is 2.24. The van der Waals surface area contributed by atoms with Crippen LogP contribution in [-0.4, -0.2) is 34.0 Å². The van der Waals surface area contributed by atoms with Crippen LogP contribution in [0.1, 0.15) is 18.5 Å². The van der Waals surface area contributed by atoms with Crippen molar-refractivity contribution in [3.8, 4) is 11.3 Å². The van der Waals surface area contributed by atoms with Crippen molar-refractivity contribution in [1.82, 2.24) is 19.8 Å². The number of nitrogens with zero attached hydrogens (tertiary/aromatic N) is 4. The van der Waals surface area contributed by atoms with Gasteiger partial charge in [0.05, 0.1) is 12.7 Å². The van der Waals surface area contributed by atoms with Crippen molar-refractivity contribution >= 4 is 29.9 Å². The summed E-state index contributed by atoms with van der Waals surface area (Å²) in [6.45, 7) is 4.03. The van der Waals surface area contributed by atoms with Gasteiger partial charge in [-0.25, -0.2) is 9.98 Å². The van der Waals surface area contributed by atoms with Gasteiger partial charge in [0.25, 0.3) is 0 Å². The maximum atomic E-state index is 5.83. The van der Waals surface area contributed by atoms with E-state index in [9.17, 15) is 0 Å². The highest BCUT2D eigenvalue weighted by Gasteiger charge is 2.10. The first-order valence-electron chi connectivity index (χ1n) is 8.77. The van der Waals surface area contributed by atoms with Crippen LogP contribution in [-0.2, 0) is 20.1 Å². The number of nitrogens with one attached hydrogen (secondary N) is 1. The lowest BCUT2D eigenvalue weighted by molar-refractivity contribution is 0.456. The fourth-order valence-corrected chi connectivity index (χ4v) is 2.71. The van der Waals surface area contributed by atoms with Crippen LogP contribution in [0.4, 0.5) is 0 Å². The Kier molecular flexibility index (Phi) is 7.90. The molecule has 0 bridgehead atoms. The fourth-order valence-electron chi connectivity index (χ4n) is 2.71. The van der Waals surface area contributed by atoms with Crippen LogP contribution in [0.25, 0.3) is 11.3 Å². The largest absolute Gasteiger partial charge is 0.439 e. The molecule has 0 saturated heterocycles. The van der Waals surface area contributed by atoms with E-state index in [1.54, 1.807) is 6.20 Å². The van der Waals surface area contributed by atoms with E-state index in [4.69, 9.17) is 4.42 Å². The topological polar surface area (TPSA) is 58.6 Å². The molecule has 0 fully saturated rings. The predicted octanol–water partition coefficient (Wildman–Crippen LogP) is 3.90. The minimum atomic E-state index is 0. The van der Waals surface area contributed by atoms with E-state index in [1.165, 1.54) is 5.69 Å². The summed E-state index contributed by atoms with van der Waals surface area (Å²) >= 11 is 0. The molecule has 7 heteroatoms. The highest BCUT2D eigenvalue weighted by Crippen LogP contribution is 2.20. The van der Waals surface area contributed by atoms with Crippen molar-refractivity contribution in [2.24, 2.45) is 12.0 Å². The second kappa shape index (κ2) is 10.1. The van der Waals surface area contributed by atoms with Gasteiger partial charge in [0.15, 0.2) is 11.7 Å². The maximum Gasteiger partial charge on any atom is 0.216 e. The number of rotatable bonds is 6. The van der Waals surface area contributed by atoms with Crippen molar-refractivity contribution in [3.63, 3.8) is 0 Å². The zero-order chi connectivity index (χ0) is 18.4. The van der Waals surface area contributed by atoms with E-state index < -0.39 is 0 Å². The van der Waals surface area contributed by atoms with Gasteiger partial charge in [0.1, 0.15) is 6.54 Å². The number of hydrogen-bond acceptors (Lipinski definition) is 3. The highest BCUT2D eigenvalue weighted by atomic mass is 127. The first-order valence-corrected chi connectivity index (χ1v) is 8.77. The molecule has 1 N–H and O–H groups in total. The summed E-state index contributed by atoms with van der Waals surface area (Å²) < 4.78 is 7.95. The zero-order valence-electron chi connectivity index (χ0n) is 15.9. The van der Waals surface area contributed by atoms with E-state index in [0.717, 1.165) is 30.4 Å². The molecule has 0 spiro atoms. The summed E-state index contributed by atoms with van der Waals surface area (Å²) in [7, 11) is 4.07. The first-order chi connectivity index (χ1) is 12.7. The van der Waals surface area contributed by atoms with Crippen LogP contribution in [0, 0.1) is 0 Å². The molecule has 0 aliphatic heterocycles. The van der Waals surface area contributed by atoms with Crippen molar-refractivity contribution in [3.05, 3.63) is 66.4 Å². The Morgan fingerprint density at radius 3 is 2.67 bits per heavy atom. The number of hydrogen-bond donors (Lipinski definition) is 1. The van der Waals surface area contributed by atoms with Crippen LogP contribution < -0.4 is 5.32 Å². The Balaban J connectivity index is 0.00000261. The van der Waals surface area contributed by atoms with Gasteiger partial charge in [0, 0.05) is 38.1 Å². The van der Waals surface area contributed by atoms with Gasteiger partial charge in [-0.2, -0.15) is 0 Å². The lowest BCUT2D eigenvalue weighted by Crippen LogP contribution is -2.38. The van der Waals surface area contributed by atoms with Gasteiger partial charge in [-0.1, -0.05) is 30.3 Å². The molecule has 0 unspecified atom stereocenters. The van der Waals surface area contributed by atoms with Gasteiger partial charge < -0.3 is 19.2 Å². The minimum Gasteiger partial charge on any atom is -0.439 e. The number of guanidine groups is 1. The molecule has 0 aliphatic rings. The highest BCUT2D eigenvalue weighted by molar-refractivity contribution is 14.0. The Labute approximate surface area is 177 Å². The van der Waals surface area contributed by atoms with Gasteiger partial charge in [-0.15, -0.1) is 24.0 Å². The number of aliphatic imine (C=N–C) groups is 1. The summed E-state index contributed by atoms with van der Waals surface area (Å²) in [5.74, 6) is 2.19. The van der Waals surface area contributed by atoms with E-state index in [-0.39, 0.29) is 24.0 Å². The van der Waals surface area contributed by atoms with Gasteiger partial charge >= 0.3 is 0 Å². The van der Waals surface area contributed by atoms with Crippen molar-refractivity contribution in [1.29, 1.82) is 0 Å². The molecule has 0 saturated carbocycles. The molecule has 1 aromatic carbocycles. The SMILES string of the molecule is CCNC(=NCc1ncc(-c2ccccc2)o1)N(C)Cc1cccn1C.I. The third-order valence-corrected chi connectivity index (χ3v) is 4.12. The van der Waals surface area contributed by atoms with Crippen molar-refractivity contribution in [2.45, 2.75) is 20.0 Å². The second-order valence-corrected chi connectivity index (χ2v) is 6.12. The molecule has 0 radical (unpaired) electrons. The Bertz CT molecular complexity index is 856. The average Bonchev–Trinajstić information content (AvgIpc) is 3.29. The van der Waals surface area contributed by atoms with Gasteiger partial charge in [0.2, 0.25) is 5.89 Å². The average molecular weight is 479 g/mol. The summed E-state index contributed by atoms with van der Waals surface area (Å²) in [4.78, 5) is 11.1. The van der Waals surface area contributed by atoms with Crippen LogP contribution in [0.15, 0.2) is 64.3 Å². The quantitative estimate of drug-likeness (QED) is 0.331. The van der Waals surface area contributed by atoms with Gasteiger partial charge in [-0.05, 0) is 19.1 Å². The van der Waals surface area contributed by atoms with Crippen molar-refractivity contribution < 1.29 is 4.42 Å². The number of aryl methyl sites for hydroxylation is 1. The van der Waals surface area contributed by atoms with Crippen LogP contribution in [0.5, 0.6) is 0 Å². The second-order valence-electron chi connectivity index (χ2n) is 6.12. The summed E-state index contributed by atoms with van der Waals surface area (Å²) in [6.07, 6.45) is 3.80. The van der Waals surface area contributed by atoms with Crippen LogP contribution in [0.2, 0.25) is 0 Å². The number of halogens is 1. The predicted molar refractivity (Wildman–Crippen MR) is 119 cm³/mol. The number of aromatic nitrogens is 2. The van der Waals surface area contributed by atoms with Gasteiger partial charge in [-0.3, -0.25) is 0 Å². The molecular formula is C20H26IN5O. The Morgan fingerprint density at radius 1 is 1.22 bits per heavy atom.